The molecule has 92 valence electrons. The Bertz CT molecular complexity index is 401. The van der Waals surface area contributed by atoms with Gasteiger partial charge in [0.15, 0.2) is 5.78 Å². The molecule has 0 bridgehead atoms. The number of benzene rings is 1. The molecule has 3 heteroatoms. The summed E-state index contributed by atoms with van der Waals surface area (Å²) in [6.45, 7) is 6.04. The lowest BCUT2D eigenvalue weighted by molar-refractivity contribution is -0.142. The number of rotatable bonds is 5. The first-order valence-corrected chi connectivity index (χ1v) is 5.81. The molecule has 1 aromatic rings. The standard InChI is InChI=1S/C14H18O3/c1-4-8-17-13(16)9-12(15)14-10(2)6-5-7-11(14)3/h5-7H,4,8-9H2,1-3H3. The van der Waals surface area contributed by atoms with Gasteiger partial charge in [-0.05, 0) is 31.4 Å². The highest BCUT2D eigenvalue weighted by atomic mass is 16.5. The molecule has 0 heterocycles. The molecule has 0 amide bonds. The zero-order valence-corrected chi connectivity index (χ0v) is 10.6. The summed E-state index contributed by atoms with van der Waals surface area (Å²) in [4.78, 5) is 23.3. The molecular formula is C14H18O3. The van der Waals surface area contributed by atoms with Crippen LogP contribution in [0, 0.1) is 13.8 Å². The molecule has 0 fully saturated rings. The molecule has 0 radical (unpaired) electrons. The van der Waals surface area contributed by atoms with E-state index in [1.807, 2.05) is 39.0 Å². The molecular weight excluding hydrogens is 216 g/mol. The van der Waals surface area contributed by atoms with Crippen molar-refractivity contribution in [1.82, 2.24) is 0 Å². The maximum atomic E-state index is 12.0. The van der Waals surface area contributed by atoms with E-state index in [9.17, 15) is 9.59 Å². The van der Waals surface area contributed by atoms with Crippen LogP contribution in [0.1, 0.15) is 41.3 Å². The Labute approximate surface area is 102 Å². The van der Waals surface area contributed by atoms with E-state index in [0.29, 0.717) is 12.2 Å². The van der Waals surface area contributed by atoms with Gasteiger partial charge in [0.05, 0.1) is 6.61 Å². The smallest absolute Gasteiger partial charge is 0.313 e. The van der Waals surface area contributed by atoms with Gasteiger partial charge in [-0.25, -0.2) is 0 Å². The normalized spacial score (nSPS) is 10.1. The van der Waals surface area contributed by atoms with Gasteiger partial charge in [-0.15, -0.1) is 0 Å². The van der Waals surface area contributed by atoms with Crippen LogP contribution >= 0.6 is 0 Å². The predicted octanol–water partition coefficient (Wildman–Crippen LogP) is 2.83. The van der Waals surface area contributed by atoms with E-state index in [4.69, 9.17) is 4.74 Å². The minimum Gasteiger partial charge on any atom is -0.465 e. The summed E-state index contributed by atoms with van der Waals surface area (Å²) in [5.41, 5.74) is 2.44. The number of ketones is 1. The number of esters is 1. The Morgan fingerprint density at radius 1 is 1.18 bits per heavy atom. The minimum atomic E-state index is -0.445. The predicted molar refractivity (Wildman–Crippen MR) is 66.1 cm³/mol. The second-order valence-corrected chi connectivity index (χ2v) is 4.09. The molecule has 0 aromatic heterocycles. The van der Waals surface area contributed by atoms with Crippen LogP contribution in [-0.2, 0) is 9.53 Å². The van der Waals surface area contributed by atoms with Crippen molar-refractivity contribution in [2.75, 3.05) is 6.61 Å². The van der Waals surface area contributed by atoms with Gasteiger partial charge in [-0.3, -0.25) is 9.59 Å². The maximum Gasteiger partial charge on any atom is 0.313 e. The van der Waals surface area contributed by atoms with E-state index >= 15 is 0 Å². The van der Waals surface area contributed by atoms with Crippen LogP contribution in [0.4, 0.5) is 0 Å². The summed E-state index contributed by atoms with van der Waals surface area (Å²) in [5, 5.41) is 0. The molecule has 1 rings (SSSR count). The highest BCUT2D eigenvalue weighted by Gasteiger charge is 2.16. The fourth-order valence-corrected chi connectivity index (χ4v) is 1.74. The Morgan fingerprint density at radius 3 is 2.29 bits per heavy atom. The number of hydrogen-bond acceptors (Lipinski definition) is 3. The largest absolute Gasteiger partial charge is 0.465 e. The molecule has 0 aliphatic rings. The van der Waals surface area contributed by atoms with Crippen molar-refractivity contribution in [3.05, 3.63) is 34.9 Å². The van der Waals surface area contributed by atoms with E-state index in [1.165, 1.54) is 0 Å². The van der Waals surface area contributed by atoms with E-state index in [-0.39, 0.29) is 12.2 Å². The summed E-state index contributed by atoms with van der Waals surface area (Å²) >= 11 is 0. The third-order valence-electron chi connectivity index (χ3n) is 2.53. The quantitative estimate of drug-likeness (QED) is 0.447. The van der Waals surface area contributed by atoms with Crippen molar-refractivity contribution in [2.24, 2.45) is 0 Å². The second kappa shape index (κ2) is 6.18. The molecule has 0 aliphatic carbocycles. The van der Waals surface area contributed by atoms with Crippen molar-refractivity contribution < 1.29 is 14.3 Å². The maximum absolute atomic E-state index is 12.0. The number of carbonyl (C=O) groups is 2. The Hall–Kier alpha value is -1.64. The molecule has 0 atom stereocenters. The Balaban J connectivity index is 2.73. The lowest BCUT2D eigenvalue weighted by Crippen LogP contribution is -2.14. The molecule has 3 nitrogen and oxygen atoms in total. The van der Waals surface area contributed by atoms with Crippen LogP contribution in [0.2, 0.25) is 0 Å². The van der Waals surface area contributed by atoms with Gasteiger partial charge in [0.1, 0.15) is 6.42 Å². The fourth-order valence-electron chi connectivity index (χ4n) is 1.74. The van der Waals surface area contributed by atoms with Gasteiger partial charge >= 0.3 is 5.97 Å². The zero-order valence-electron chi connectivity index (χ0n) is 10.6. The number of ether oxygens (including phenoxy) is 1. The third-order valence-corrected chi connectivity index (χ3v) is 2.53. The summed E-state index contributed by atoms with van der Waals surface area (Å²) in [5.74, 6) is -0.610. The lowest BCUT2D eigenvalue weighted by atomic mass is 9.98. The molecule has 0 unspecified atom stereocenters. The number of Topliss-reactive ketones (excluding diaryl/α,β-unsaturated/α-hetero) is 1. The first-order chi connectivity index (χ1) is 8.06. The van der Waals surface area contributed by atoms with Gasteiger partial charge in [0.2, 0.25) is 0 Å². The lowest BCUT2D eigenvalue weighted by Gasteiger charge is -2.08. The topological polar surface area (TPSA) is 43.4 Å². The van der Waals surface area contributed by atoms with Crippen LogP contribution in [0.5, 0.6) is 0 Å². The SMILES string of the molecule is CCCOC(=O)CC(=O)c1c(C)cccc1C. The average Bonchev–Trinajstić information content (AvgIpc) is 2.26. The minimum absolute atomic E-state index is 0.165. The van der Waals surface area contributed by atoms with Crippen molar-refractivity contribution in [2.45, 2.75) is 33.6 Å². The average molecular weight is 234 g/mol. The van der Waals surface area contributed by atoms with Crippen LogP contribution in [0.3, 0.4) is 0 Å². The third kappa shape index (κ3) is 3.70. The van der Waals surface area contributed by atoms with Gasteiger partial charge in [0, 0.05) is 5.56 Å². The van der Waals surface area contributed by atoms with Crippen molar-refractivity contribution >= 4 is 11.8 Å². The molecule has 0 saturated heterocycles. The van der Waals surface area contributed by atoms with Gasteiger partial charge in [-0.2, -0.15) is 0 Å². The highest BCUT2D eigenvalue weighted by Crippen LogP contribution is 2.15. The molecule has 1 aromatic carbocycles. The van der Waals surface area contributed by atoms with Gasteiger partial charge in [0.25, 0.3) is 0 Å². The summed E-state index contributed by atoms with van der Waals surface area (Å²) in [6.07, 6.45) is 0.592. The molecule has 0 N–H and O–H groups in total. The van der Waals surface area contributed by atoms with Crippen molar-refractivity contribution in [3.8, 4) is 0 Å². The molecule has 0 saturated carbocycles. The summed E-state index contributed by atoms with van der Waals surface area (Å²) in [6, 6.07) is 5.64. The molecule has 17 heavy (non-hydrogen) atoms. The van der Waals surface area contributed by atoms with Gasteiger partial charge in [-0.1, -0.05) is 25.1 Å². The van der Waals surface area contributed by atoms with Crippen LogP contribution in [-0.4, -0.2) is 18.4 Å². The molecule has 0 spiro atoms. The van der Waals surface area contributed by atoms with Crippen LogP contribution < -0.4 is 0 Å². The van der Waals surface area contributed by atoms with E-state index in [0.717, 1.165) is 17.5 Å². The summed E-state index contributed by atoms with van der Waals surface area (Å²) in [7, 11) is 0. The second-order valence-electron chi connectivity index (χ2n) is 4.09. The first-order valence-electron chi connectivity index (χ1n) is 5.81. The number of hydrogen-bond donors (Lipinski definition) is 0. The van der Waals surface area contributed by atoms with E-state index < -0.39 is 5.97 Å². The first kappa shape index (κ1) is 13.4. The van der Waals surface area contributed by atoms with Crippen molar-refractivity contribution in [3.63, 3.8) is 0 Å². The zero-order chi connectivity index (χ0) is 12.8. The van der Waals surface area contributed by atoms with E-state index in [1.54, 1.807) is 0 Å². The van der Waals surface area contributed by atoms with Crippen LogP contribution in [0.15, 0.2) is 18.2 Å². The van der Waals surface area contributed by atoms with Crippen LogP contribution in [0.25, 0.3) is 0 Å². The molecule has 0 aliphatic heterocycles. The number of aryl methyl sites for hydroxylation is 2. The summed E-state index contributed by atoms with van der Waals surface area (Å²) < 4.78 is 4.90. The monoisotopic (exact) mass is 234 g/mol. The Kier molecular flexibility index (Phi) is 4.88. The Morgan fingerprint density at radius 2 is 1.76 bits per heavy atom. The number of carbonyl (C=O) groups excluding carboxylic acids is 2. The van der Waals surface area contributed by atoms with Gasteiger partial charge < -0.3 is 4.74 Å². The van der Waals surface area contributed by atoms with E-state index in [2.05, 4.69) is 0 Å². The highest BCUT2D eigenvalue weighted by molar-refractivity contribution is 6.07. The fraction of sp³-hybridized carbons (Fsp3) is 0.429. The van der Waals surface area contributed by atoms with Crippen molar-refractivity contribution in [1.29, 1.82) is 0 Å².